The predicted molar refractivity (Wildman–Crippen MR) is 111 cm³/mol. The second-order valence-electron chi connectivity index (χ2n) is 7.72. The minimum absolute atomic E-state index is 0.0355. The third-order valence-corrected chi connectivity index (χ3v) is 8.20. The summed E-state index contributed by atoms with van der Waals surface area (Å²) in [6.07, 6.45) is 10.2. The Morgan fingerprint density at radius 1 is 1.21 bits per heavy atom. The lowest BCUT2D eigenvalue weighted by atomic mass is 9.88. The molecule has 3 rings (SSSR count). The predicted octanol–water partition coefficient (Wildman–Crippen LogP) is 3.10. The first-order chi connectivity index (χ1) is 13.4. The van der Waals surface area contributed by atoms with E-state index in [1.165, 1.54) is 7.11 Å². The standard InChI is InChI=1S/C22H29NO4S/c1-18-7-6-15-23(18)16-14-22(28(25,26)17-21(24)27-2)12-10-20(11-13-22)19-8-4-3-5-9-19/h3-5,8-13,18,20H,6-7,14-17H2,1-2H3/t18-,20?,22?/m1/s1. The Morgan fingerprint density at radius 3 is 2.46 bits per heavy atom. The molecule has 1 aliphatic heterocycles. The van der Waals surface area contributed by atoms with Crippen LogP contribution in [0, 0.1) is 0 Å². The van der Waals surface area contributed by atoms with Gasteiger partial charge in [-0.2, -0.15) is 0 Å². The van der Waals surface area contributed by atoms with Crippen LogP contribution in [-0.2, 0) is 19.4 Å². The lowest BCUT2D eigenvalue weighted by Crippen LogP contribution is -2.43. The summed E-state index contributed by atoms with van der Waals surface area (Å²) >= 11 is 0. The topological polar surface area (TPSA) is 63.7 Å². The van der Waals surface area contributed by atoms with Gasteiger partial charge in [0.05, 0.1) is 7.11 Å². The summed E-state index contributed by atoms with van der Waals surface area (Å²) < 4.78 is 29.8. The first-order valence-electron chi connectivity index (χ1n) is 9.84. The van der Waals surface area contributed by atoms with Crippen molar-refractivity contribution in [2.24, 2.45) is 0 Å². The van der Waals surface area contributed by atoms with Crippen LogP contribution in [0.15, 0.2) is 54.6 Å². The van der Waals surface area contributed by atoms with Crippen molar-refractivity contribution in [3.63, 3.8) is 0 Å². The van der Waals surface area contributed by atoms with Crippen molar-refractivity contribution in [1.29, 1.82) is 0 Å². The number of benzene rings is 1. The lowest BCUT2D eigenvalue weighted by molar-refractivity contribution is -0.137. The highest BCUT2D eigenvalue weighted by molar-refractivity contribution is 7.93. The van der Waals surface area contributed by atoms with Gasteiger partial charge in [-0.15, -0.1) is 0 Å². The summed E-state index contributed by atoms with van der Waals surface area (Å²) in [6.45, 7) is 3.86. The number of carbonyl (C=O) groups is 1. The monoisotopic (exact) mass is 403 g/mol. The van der Waals surface area contributed by atoms with Crippen LogP contribution in [0.5, 0.6) is 0 Å². The van der Waals surface area contributed by atoms with Crippen LogP contribution < -0.4 is 0 Å². The molecule has 0 amide bonds. The molecule has 1 fully saturated rings. The molecule has 1 aliphatic carbocycles. The fourth-order valence-electron chi connectivity index (χ4n) is 4.07. The van der Waals surface area contributed by atoms with E-state index < -0.39 is 26.3 Å². The maximum atomic E-state index is 13.2. The van der Waals surface area contributed by atoms with Gasteiger partial charge in [-0.1, -0.05) is 54.6 Å². The second kappa shape index (κ2) is 8.62. The van der Waals surface area contributed by atoms with Crippen molar-refractivity contribution in [2.75, 3.05) is 26.0 Å². The van der Waals surface area contributed by atoms with Gasteiger partial charge < -0.3 is 9.64 Å². The van der Waals surface area contributed by atoms with Crippen LogP contribution in [0.4, 0.5) is 0 Å². The third kappa shape index (κ3) is 4.39. The molecule has 0 radical (unpaired) electrons. The fraction of sp³-hybridized carbons (Fsp3) is 0.500. The van der Waals surface area contributed by atoms with Crippen LogP contribution in [-0.4, -0.2) is 56.0 Å². The summed E-state index contributed by atoms with van der Waals surface area (Å²) in [6, 6.07) is 10.4. The molecule has 28 heavy (non-hydrogen) atoms. The van der Waals surface area contributed by atoms with E-state index in [0.29, 0.717) is 19.0 Å². The maximum Gasteiger partial charge on any atom is 0.320 e. The van der Waals surface area contributed by atoms with E-state index in [1.807, 2.05) is 42.5 Å². The van der Waals surface area contributed by atoms with E-state index in [4.69, 9.17) is 0 Å². The number of methoxy groups -OCH3 is 1. The van der Waals surface area contributed by atoms with Gasteiger partial charge in [-0.05, 0) is 38.3 Å². The minimum Gasteiger partial charge on any atom is -0.468 e. The Hall–Kier alpha value is -1.92. The lowest BCUT2D eigenvalue weighted by Gasteiger charge is -2.33. The highest BCUT2D eigenvalue weighted by atomic mass is 32.2. The summed E-state index contributed by atoms with van der Waals surface area (Å²) in [4.78, 5) is 14.1. The van der Waals surface area contributed by atoms with Gasteiger partial charge in [-0.3, -0.25) is 4.79 Å². The average molecular weight is 404 g/mol. The molecule has 5 nitrogen and oxygen atoms in total. The number of allylic oxidation sites excluding steroid dienone is 2. The van der Waals surface area contributed by atoms with Crippen molar-refractivity contribution < 1.29 is 17.9 Å². The number of esters is 1. The van der Waals surface area contributed by atoms with E-state index in [1.54, 1.807) is 12.2 Å². The second-order valence-corrected chi connectivity index (χ2v) is 10.0. The molecule has 1 aromatic carbocycles. The Balaban J connectivity index is 1.85. The van der Waals surface area contributed by atoms with Gasteiger partial charge in [0.15, 0.2) is 9.84 Å². The number of hydrogen-bond donors (Lipinski definition) is 0. The van der Waals surface area contributed by atoms with Gasteiger partial charge in [0, 0.05) is 18.5 Å². The molecule has 0 N–H and O–H groups in total. The molecule has 0 unspecified atom stereocenters. The Labute approximate surface area is 168 Å². The summed E-state index contributed by atoms with van der Waals surface area (Å²) in [5.74, 6) is -1.29. The van der Waals surface area contributed by atoms with Crippen LogP contribution >= 0.6 is 0 Å². The number of hydrogen-bond acceptors (Lipinski definition) is 5. The summed E-state index contributed by atoms with van der Waals surface area (Å²) in [7, 11) is -2.53. The number of nitrogens with zero attached hydrogens (tertiary/aromatic N) is 1. The van der Waals surface area contributed by atoms with Crippen molar-refractivity contribution in [2.45, 2.75) is 42.9 Å². The molecule has 1 atom stereocenters. The molecule has 152 valence electrons. The molecule has 0 aromatic heterocycles. The molecule has 0 spiro atoms. The molecule has 0 saturated carbocycles. The van der Waals surface area contributed by atoms with E-state index in [-0.39, 0.29) is 5.92 Å². The summed E-state index contributed by atoms with van der Waals surface area (Å²) in [5, 5.41) is 0. The van der Waals surface area contributed by atoms with Crippen LogP contribution in [0.3, 0.4) is 0 Å². The fourth-order valence-corrected chi connectivity index (χ4v) is 5.74. The Morgan fingerprint density at radius 2 is 1.89 bits per heavy atom. The van der Waals surface area contributed by atoms with E-state index in [2.05, 4.69) is 16.6 Å². The SMILES string of the molecule is COC(=O)CS(=O)(=O)C1(CCN2CCC[C@H]2C)C=CC(c2ccccc2)C=C1. The van der Waals surface area contributed by atoms with Crippen LogP contribution in [0.1, 0.15) is 37.7 Å². The number of likely N-dealkylation sites (tertiary alicyclic amines) is 1. The van der Waals surface area contributed by atoms with E-state index in [0.717, 1.165) is 24.9 Å². The van der Waals surface area contributed by atoms with Gasteiger partial charge >= 0.3 is 5.97 Å². The maximum absolute atomic E-state index is 13.2. The first kappa shape index (κ1) is 20.8. The minimum atomic E-state index is -3.75. The number of ether oxygens (including phenoxy) is 1. The smallest absolute Gasteiger partial charge is 0.320 e. The number of rotatable bonds is 7. The first-order valence-corrected chi connectivity index (χ1v) is 11.5. The third-order valence-electron chi connectivity index (χ3n) is 5.95. The molecule has 6 heteroatoms. The largest absolute Gasteiger partial charge is 0.468 e. The van der Waals surface area contributed by atoms with Crippen molar-refractivity contribution >= 4 is 15.8 Å². The van der Waals surface area contributed by atoms with E-state index >= 15 is 0 Å². The zero-order chi connectivity index (χ0) is 20.2. The van der Waals surface area contributed by atoms with Crippen molar-refractivity contribution in [1.82, 2.24) is 4.90 Å². The number of carbonyl (C=O) groups excluding carboxylic acids is 1. The van der Waals surface area contributed by atoms with Gasteiger partial charge in [0.2, 0.25) is 0 Å². The van der Waals surface area contributed by atoms with Crippen LogP contribution in [0.25, 0.3) is 0 Å². The highest BCUT2D eigenvalue weighted by Crippen LogP contribution is 2.35. The van der Waals surface area contributed by atoms with Gasteiger partial charge in [-0.25, -0.2) is 8.42 Å². The van der Waals surface area contributed by atoms with Crippen molar-refractivity contribution in [3.05, 3.63) is 60.2 Å². The Kier molecular flexibility index (Phi) is 6.40. The summed E-state index contributed by atoms with van der Waals surface area (Å²) in [5.41, 5.74) is 1.11. The zero-order valence-corrected chi connectivity index (χ0v) is 17.4. The molecule has 2 aliphatic rings. The normalized spacial score (nSPS) is 27.8. The van der Waals surface area contributed by atoms with Gasteiger partial charge in [0.1, 0.15) is 10.5 Å². The zero-order valence-electron chi connectivity index (χ0n) is 16.6. The molecular weight excluding hydrogens is 374 g/mol. The van der Waals surface area contributed by atoms with E-state index in [9.17, 15) is 13.2 Å². The number of sulfone groups is 1. The Bertz CT molecular complexity index is 831. The van der Waals surface area contributed by atoms with Gasteiger partial charge in [0.25, 0.3) is 0 Å². The highest BCUT2D eigenvalue weighted by Gasteiger charge is 2.42. The molecular formula is C22H29NO4S. The molecule has 1 heterocycles. The quantitative estimate of drug-likeness (QED) is 0.517. The average Bonchev–Trinajstić information content (AvgIpc) is 3.11. The van der Waals surface area contributed by atoms with Crippen LogP contribution in [0.2, 0.25) is 0 Å². The molecule has 1 aromatic rings. The van der Waals surface area contributed by atoms with Crippen molar-refractivity contribution in [3.8, 4) is 0 Å². The molecule has 0 bridgehead atoms. The molecule has 1 saturated heterocycles.